The van der Waals surface area contributed by atoms with E-state index in [2.05, 4.69) is 5.32 Å². The van der Waals surface area contributed by atoms with E-state index in [9.17, 15) is 15.0 Å². The molecule has 1 atom stereocenters. The third kappa shape index (κ3) is 3.61. The minimum Gasteiger partial charge on any atom is -0.504 e. The second-order valence-corrected chi connectivity index (χ2v) is 3.70. The molecule has 0 fully saturated rings. The predicted octanol–water partition coefficient (Wildman–Crippen LogP) is 0.489. The molecule has 0 bridgehead atoms. The molecule has 1 rings (SSSR count). The smallest absolute Gasteiger partial charge is 0.255 e. The Morgan fingerprint density at radius 1 is 1.39 bits per heavy atom. The molecule has 0 spiro atoms. The Morgan fingerprint density at radius 3 is 2.72 bits per heavy atom. The molecule has 6 heteroatoms. The summed E-state index contributed by atoms with van der Waals surface area (Å²) in [5.74, 6) is -1.25. The first kappa shape index (κ1) is 14.3. The average Bonchev–Trinajstić information content (AvgIpc) is 2.37. The van der Waals surface area contributed by atoms with Crippen molar-refractivity contribution in [3.05, 3.63) is 23.8 Å². The Balaban J connectivity index is 2.62. The molecule has 1 aromatic rings. The van der Waals surface area contributed by atoms with Gasteiger partial charge in [0.15, 0.2) is 11.5 Å². The normalized spacial score (nSPS) is 12.1. The molecule has 1 aromatic carbocycles. The van der Waals surface area contributed by atoms with Crippen molar-refractivity contribution in [1.82, 2.24) is 5.32 Å². The van der Waals surface area contributed by atoms with E-state index in [1.807, 2.05) is 0 Å². The minimum absolute atomic E-state index is 0.0160. The van der Waals surface area contributed by atoms with Gasteiger partial charge in [-0.15, -0.1) is 0 Å². The highest BCUT2D eigenvalue weighted by atomic mass is 16.5. The highest BCUT2D eigenvalue weighted by Crippen LogP contribution is 2.27. The number of methoxy groups -OCH3 is 2. The van der Waals surface area contributed by atoms with Crippen molar-refractivity contribution in [2.45, 2.75) is 6.10 Å². The third-order valence-corrected chi connectivity index (χ3v) is 2.44. The fourth-order valence-corrected chi connectivity index (χ4v) is 1.41. The summed E-state index contributed by atoms with van der Waals surface area (Å²) in [5, 5.41) is 21.4. The van der Waals surface area contributed by atoms with E-state index in [4.69, 9.17) is 9.47 Å². The van der Waals surface area contributed by atoms with Crippen molar-refractivity contribution in [3.63, 3.8) is 0 Å². The minimum atomic E-state index is -0.485. The number of rotatable bonds is 6. The van der Waals surface area contributed by atoms with Crippen LogP contribution in [0.15, 0.2) is 18.2 Å². The van der Waals surface area contributed by atoms with Crippen LogP contribution in [0.4, 0.5) is 0 Å². The lowest BCUT2D eigenvalue weighted by molar-refractivity contribution is 0.0285. The first-order valence-electron chi connectivity index (χ1n) is 5.41. The van der Waals surface area contributed by atoms with Gasteiger partial charge < -0.3 is 25.0 Å². The topological polar surface area (TPSA) is 88.0 Å². The number of carbonyl (C=O) groups is 1. The predicted molar refractivity (Wildman–Crippen MR) is 64.8 cm³/mol. The Hall–Kier alpha value is -1.79. The van der Waals surface area contributed by atoms with Gasteiger partial charge in [0.1, 0.15) is 0 Å². The number of benzene rings is 1. The maximum absolute atomic E-state index is 11.8. The Morgan fingerprint density at radius 2 is 2.11 bits per heavy atom. The van der Waals surface area contributed by atoms with Crippen LogP contribution in [-0.4, -0.2) is 49.6 Å². The van der Waals surface area contributed by atoms with E-state index in [1.54, 1.807) is 0 Å². The molecule has 1 amide bonds. The fraction of sp³-hybridized carbons (Fsp3) is 0.417. The highest BCUT2D eigenvalue weighted by molar-refractivity contribution is 5.97. The van der Waals surface area contributed by atoms with Gasteiger partial charge in [-0.05, 0) is 12.1 Å². The van der Waals surface area contributed by atoms with E-state index in [0.717, 1.165) is 0 Å². The van der Waals surface area contributed by atoms with Gasteiger partial charge >= 0.3 is 0 Å². The lowest BCUT2D eigenvalue weighted by Crippen LogP contribution is -2.35. The number of hydrogen-bond acceptors (Lipinski definition) is 5. The van der Waals surface area contributed by atoms with E-state index >= 15 is 0 Å². The van der Waals surface area contributed by atoms with Crippen LogP contribution in [0, 0.1) is 0 Å². The van der Waals surface area contributed by atoms with Gasteiger partial charge in [-0.25, -0.2) is 0 Å². The first-order valence-corrected chi connectivity index (χ1v) is 5.41. The standard InChI is InChI=1S/C12H17NO5/c1-17-7-8(18-2)6-13-12(16)9-4-3-5-10(14)11(9)15/h3-5,8,14-15H,6-7H2,1-2H3,(H,13,16). The molecule has 0 aliphatic heterocycles. The summed E-state index contributed by atoms with van der Waals surface area (Å²) in [6.07, 6.45) is -0.265. The van der Waals surface area contributed by atoms with Crippen LogP contribution in [0.2, 0.25) is 0 Å². The van der Waals surface area contributed by atoms with Gasteiger partial charge in [-0.1, -0.05) is 6.07 Å². The van der Waals surface area contributed by atoms with Crippen LogP contribution in [0.5, 0.6) is 11.5 Å². The average molecular weight is 255 g/mol. The number of para-hydroxylation sites is 1. The van der Waals surface area contributed by atoms with E-state index in [-0.39, 0.29) is 24.0 Å². The number of phenolic OH excluding ortho intramolecular Hbond substituents is 2. The molecule has 1 unspecified atom stereocenters. The van der Waals surface area contributed by atoms with Crippen LogP contribution in [0.25, 0.3) is 0 Å². The van der Waals surface area contributed by atoms with E-state index < -0.39 is 11.7 Å². The van der Waals surface area contributed by atoms with Crippen LogP contribution >= 0.6 is 0 Å². The number of phenols is 2. The summed E-state index contributed by atoms with van der Waals surface area (Å²) < 4.78 is 9.99. The molecular weight excluding hydrogens is 238 g/mol. The second kappa shape index (κ2) is 6.83. The molecule has 0 radical (unpaired) electrons. The molecule has 0 aliphatic carbocycles. The molecule has 3 N–H and O–H groups in total. The molecule has 0 aliphatic rings. The lowest BCUT2D eigenvalue weighted by Gasteiger charge is -2.15. The number of nitrogens with one attached hydrogen (secondary N) is 1. The zero-order valence-electron chi connectivity index (χ0n) is 10.3. The summed E-state index contributed by atoms with van der Waals surface area (Å²) in [5.41, 5.74) is 0.0160. The van der Waals surface area contributed by atoms with Crippen molar-refractivity contribution < 1.29 is 24.5 Å². The summed E-state index contributed by atoms with van der Waals surface area (Å²) >= 11 is 0. The zero-order chi connectivity index (χ0) is 13.5. The number of carbonyl (C=O) groups excluding carboxylic acids is 1. The molecular formula is C12H17NO5. The van der Waals surface area contributed by atoms with Crippen molar-refractivity contribution >= 4 is 5.91 Å². The van der Waals surface area contributed by atoms with Crippen molar-refractivity contribution in [2.24, 2.45) is 0 Å². The largest absolute Gasteiger partial charge is 0.504 e. The van der Waals surface area contributed by atoms with Gasteiger partial charge in [-0.3, -0.25) is 4.79 Å². The number of aromatic hydroxyl groups is 2. The molecule has 0 saturated heterocycles. The summed E-state index contributed by atoms with van der Waals surface area (Å²) in [6, 6.07) is 4.20. The zero-order valence-corrected chi connectivity index (χ0v) is 10.3. The maximum atomic E-state index is 11.8. The molecule has 6 nitrogen and oxygen atoms in total. The maximum Gasteiger partial charge on any atom is 0.255 e. The number of amides is 1. The Labute approximate surface area is 105 Å². The van der Waals surface area contributed by atoms with Crippen LogP contribution < -0.4 is 5.32 Å². The quantitative estimate of drug-likeness (QED) is 0.644. The van der Waals surface area contributed by atoms with E-state index in [1.165, 1.54) is 32.4 Å². The molecule has 0 saturated carbocycles. The van der Waals surface area contributed by atoms with Crippen molar-refractivity contribution in [1.29, 1.82) is 0 Å². The van der Waals surface area contributed by atoms with Crippen LogP contribution in [-0.2, 0) is 9.47 Å². The lowest BCUT2D eigenvalue weighted by atomic mass is 10.1. The Kier molecular flexibility index (Phi) is 5.41. The van der Waals surface area contributed by atoms with Gasteiger partial charge in [-0.2, -0.15) is 0 Å². The first-order chi connectivity index (χ1) is 8.60. The Bertz CT molecular complexity index is 407. The summed E-state index contributed by atoms with van der Waals surface area (Å²) in [6.45, 7) is 0.598. The molecule has 0 heterocycles. The second-order valence-electron chi connectivity index (χ2n) is 3.70. The molecule has 18 heavy (non-hydrogen) atoms. The van der Waals surface area contributed by atoms with Crippen LogP contribution in [0.3, 0.4) is 0 Å². The van der Waals surface area contributed by atoms with Crippen molar-refractivity contribution in [3.8, 4) is 11.5 Å². The van der Waals surface area contributed by atoms with Gasteiger partial charge in [0.05, 0.1) is 18.3 Å². The summed E-state index contributed by atoms with van der Waals surface area (Å²) in [4.78, 5) is 11.8. The van der Waals surface area contributed by atoms with Gasteiger partial charge in [0.25, 0.3) is 5.91 Å². The number of hydrogen-bond donors (Lipinski definition) is 3. The number of ether oxygens (including phenoxy) is 2. The molecule has 0 aromatic heterocycles. The fourth-order valence-electron chi connectivity index (χ4n) is 1.41. The summed E-state index contributed by atoms with van der Waals surface area (Å²) in [7, 11) is 3.05. The monoisotopic (exact) mass is 255 g/mol. The van der Waals surface area contributed by atoms with Crippen LogP contribution in [0.1, 0.15) is 10.4 Å². The highest BCUT2D eigenvalue weighted by Gasteiger charge is 2.15. The van der Waals surface area contributed by atoms with E-state index in [0.29, 0.717) is 6.61 Å². The van der Waals surface area contributed by atoms with Gasteiger partial charge in [0, 0.05) is 20.8 Å². The van der Waals surface area contributed by atoms with Gasteiger partial charge in [0.2, 0.25) is 0 Å². The SMILES string of the molecule is COCC(CNC(=O)c1cccc(O)c1O)OC. The molecule has 100 valence electrons. The third-order valence-electron chi connectivity index (χ3n) is 2.44. The van der Waals surface area contributed by atoms with Crippen molar-refractivity contribution in [2.75, 3.05) is 27.4 Å².